The van der Waals surface area contributed by atoms with Gasteiger partial charge in [-0.2, -0.15) is 5.10 Å². The van der Waals surface area contributed by atoms with Gasteiger partial charge in [0.05, 0.1) is 11.8 Å². The van der Waals surface area contributed by atoms with Gasteiger partial charge in [-0.3, -0.25) is 9.59 Å². The summed E-state index contributed by atoms with van der Waals surface area (Å²) in [6, 6.07) is 29.3. The van der Waals surface area contributed by atoms with Gasteiger partial charge >= 0.3 is 5.97 Å². The van der Waals surface area contributed by atoms with Crippen LogP contribution in [-0.2, 0) is 0 Å². The van der Waals surface area contributed by atoms with Gasteiger partial charge in [-0.25, -0.2) is 10.2 Å². The highest BCUT2D eigenvalue weighted by Gasteiger charge is 2.11. The maximum Gasteiger partial charge on any atom is 0.343 e. The Morgan fingerprint density at radius 2 is 1.42 bits per heavy atom. The number of carbonyl (C=O) groups excluding carboxylic acids is 3. The lowest BCUT2D eigenvalue weighted by atomic mass is 10.1. The summed E-state index contributed by atoms with van der Waals surface area (Å²) in [5.41, 5.74) is 5.75. The minimum atomic E-state index is -0.491. The monoisotopic (exact) mass is 477 g/mol. The number of ether oxygens (including phenoxy) is 1. The second-order valence-electron chi connectivity index (χ2n) is 7.89. The molecule has 2 amide bonds. The molecule has 4 aromatic carbocycles. The maximum absolute atomic E-state index is 12.6. The van der Waals surface area contributed by atoms with Gasteiger partial charge in [0, 0.05) is 22.4 Å². The van der Waals surface area contributed by atoms with Crippen molar-refractivity contribution in [1.29, 1.82) is 0 Å². The number of hydrazone groups is 1. The second kappa shape index (κ2) is 11.4. The van der Waals surface area contributed by atoms with Crippen molar-refractivity contribution in [3.63, 3.8) is 0 Å². The highest BCUT2D eigenvalue weighted by atomic mass is 16.5. The maximum atomic E-state index is 12.6. The summed E-state index contributed by atoms with van der Waals surface area (Å²) in [5.74, 6) is -0.917. The number of nitrogens with one attached hydrogen (secondary N) is 2. The highest BCUT2D eigenvalue weighted by molar-refractivity contribution is 6.05. The number of hydrogen-bond donors (Lipinski definition) is 2. The van der Waals surface area contributed by atoms with Crippen molar-refractivity contribution >= 4 is 29.7 Å². The molecule has 0 aliphatic heterocycles. The van der Waals surface area contributed by atoms with Crippen LogP contribution in [0.1, 0.15) is 42.2 Å². The molecule has 0 bridgehead atoms. The molecular weight excluding hydrogens is 454 g/mol. The molecular formula is C29H23N3O4. The molecule has 0 radical (unpaired) electrons. The summed E-state index contributed by atoms with van der Waals surface area (Å²) in [6.07, 6.45) is 1.40. The molecule has 0 saturated carbocycles. The summed E-state index contributed by atoms with van der Waals surface area (Å²) >= 11 is 0. The Balaban J connectivity index is 1.40. The van der Waals surface area contributed by atoms with E-state index >= 15 is 0 Å². The molecule has 0 aliphatic rings. The number of aryl methyl sites for hydroxylation is 1. The SMILES string of the molecule is Cc1ccc(C(=O)Oc2ccccc2C=NNC(=O)c2cccc(NC(=O)c3ccccc3)c2)cc1. The van der Waals surface area contributed by atoms with E-state index in [4.69, 9.17) is 4.74 Å². The van der Waals surface area contributed by atoms with Gasteiger partial charge in [0.1, 0.15) is 5.75 Å². The fourth-order valence-corrected chi connectivity index (χ4v) is 3.28. The predicted molar refractivity (Wildman–Crippen MR) is 138 cm³/mol. The Morgan fingerprint density at radius 3 is 2.19 bits per heavy atom. The van der Waals surface area contributed by atoms with Crippen molar-refractivity contribution in [2.45, 2.75) is 6.92 Å². The van der Waals surface area contributed by atoms with Gasteiger partial charge in [0.2, 0.25) is 0 Å². The first-order valence-electron chi connectivity index (χ1n) is 11.2. The van der Waals surface area contributed by atoms with Gasteiger partial charge in [0.25, 0.3) is 11.8 Å². The van der Waals surface area contributed by atoms with Crippen molar-refractivity contribution in [3.05, 3.63) is 131 Å². The fraction of sp³-hybridized carbons (Fsp3) is 0.0345. The molecule has 0 heterocycles. The largest absolute Gasteiger partial charge is 0.422 e. The molecule has 4 rings (SSSR count). The molecule has 4 aromatic rings. The van der Waals surface area contributed by atoms with E-state index in [1.54, 1.807) is 84.9 Å². The summed E-state index contributed by atoms with van der Waals surface area (Å²) in [4.78, 5) is 37.4. The molecule has 0 saturated heterocycles. The van der Waals surface area contributed by atoms with Crippen LogP contribution in [0.15, 0.2) is 108 Å². The van der Waals surface area contributed by atoms with E-state index < -0.39 is 11.9 Å². The first kappa shape index (κ1) is 24.1. The van der Waals surface area contributed by atoms with Crippen LogP contribution >= 0.6 is 0 Å². The lowest BCUT2D eigenvalue weighted by Gasteiger charge is -2.08. The Kier molecular flexibility index (Phi) is 7.63. The summed E-state index contributed by atoms with van der Waals surface area (Å²) in [7, 11) is 0. The molecule has 7 heteroatoms. The van der Waals surface area contributed by atoms with Crippen LogP contribution in [-0.4, -0.2) is 24.0 Å². The van der Waals surface area contributed by atoms with Crippen molar-refractivity contribution in [1.82, 2.24) is 5.43 Å². The van der Waals surface area contributed by atoms with Gasteiger partial charge in [0.15, 0.2) is 0 Å². The third-order valence-corrected chi connectivity index (χ3v) is 5.20. The van der Waals surface area contributed by atoms with Crippen LogP contribution < -0.4 is 15.5 Å². The smallest absolute Gasteiger partial charge is 0.343 e. The summed E-state index contributed by atoms with van der Waals surface area (Å²) in [6.45, 7) is 1.94. The van der Waals surface area contributed by atoms with E-state index in [1.807, 2.05) is 25.1 Å². The first-order valence-corrected chi connectivity index (χ1v) is 11.2. The average Bonchev–Trinajstić information content (AvgIpc) is 2.90. The average molecular weight is 478 g/mol. The lowest BCUT2D eigenvalue weighted by molar-refractivity contribution is 0.0734. The van der Waals surface area contributed by atoms with Gasteiger partial charge in [-0.05, 0) is 61.5 Å². The molecule has 36 heavy (non-hydrogen) atoms. The molecule has 0 unspecified atom stereocenters. The number of amides is 2. The number of nitrogens with zero attached hydrogens (tertiary/aromatic N) is 1. The topological polar surface area (TPSA) is 96.9 Å². The zero-order valence-corrected chi connectivity index (χ0v) is 19.5. The number of carbonyl (C=O) groups is 3. The van der Waals surface area contributed by atoms with Crippen LogP contribution in [0.5, 0.6) is 5.75 Å². The molecule has 2 N–H and O–H groups in total. The van der Waals surface area contributed by atoms with Crippen molar-refractivity contribution in [2.24, 2.45) is 5.10 Å². The van der Waals surface area contributed by atoms with E-state index in [2.05, 4.69) is 15.8 Å². The molecule has 178 valence electrons. The molecule has 7 nitrogen and oxygen atoms in total. The molecule has 0 aliphatic carbocycles. The van der Waals surface area contributed by atoms with Crippen LogP contribution in [0, 0.1) is 6.92 Å². The van der Waals surface area contributed by atoms with Crippen molar-refractivity contribution in [3.8, 4) is 5.75 Å². The normalized spacial score (nSPS) is 10.6. The summed E-state index contributed by atoms with van der Waals surface area (Å²) in [5, 5.41) is 6.78. The predicted octanol–water partition coefficient (Wildman–Crippen LogP) is 5.23. The van der Waals surface area contributed by atoms with Gasteiger partial charge in [-0.15, -0.1) is 0 Å². The van der Waals surface area contributed by atoms with Crippen LogP contribution in [0.4, 0.5) is 5.69 Å². The molecule has 0 atom stereocenters. The minimum absolute atomic E-state index is 0.275. The zero-order chi connectivity index (χ0) is 25.3. The molecule has 0 aromatic heterocycles. The first-order chi connectivity index (χ1) is 17.5. The Labute approximate surface area is 208 Å². The van der Waals surface area contributed by atoms with E-state index in [-0.39, 0.29) is 5.91 Å². The van der Waals surface area contributed by atoms with E-state index in [0.717, 1.165) is 5.56 Å². The fourth-order valence-electron chi connectivity index (χ4n) is 3.28. The lowest BCUT2D eigenvalue weighted by Crippen LogP contribution is -2.18. The number of rotatable bonds is 7. The van der Waals surface area contributed by atoms with Crippen LogP contribution in [0.2, 0.25) is 0 Å². The Bertz CT molecular complexity index is 1410. The van der Waals surface area contributed by atoms with Crippen LogP contribution in [0.3, 0.4) is 0 Å². The third-order valence-electron chi connectivity index (χ3n) is 5.20. The highest BCUT2D eigenvalue weighted by Crippen LogP contribution is 2.18. The third kappa shape index (κ3) is 6.30. The minimum Gasteiger partial charge on any atom is -0.422 e. The molecule has 0 fully saturated rings. The van der Waals surface area contributed by atoms with Crippen LogP contribution in [0.25, 0.3) is 0 Å². The Hall–Kier alpha value is -5.04. The van der Waals surface area contributed by atoms with E-state index in [1.165, 1.54) is 6.21 Å². The van der Waals surface area contributed by atoms with Gasteiger partial charge in [-0.1, -0.05) is 54.1 Å². The number of para-hydroxylation sites is 1. The Morgan fingerprint density at radius 1 is 0.722 bits per heavy atom. The number of anilines is 1. The number of hydrogen-bond acceptors (Lipinski definition) is 5. The van der Waals surface area contributed by atoms with E-state index in [0.29, 0.717) is 33.7 Å². The number of esters is 1. The standard InChI is InChI=1S/C29H23N3O4/c1-20-14-16-22(17-15-20)29(35)36-26-13-6-5-10-24(26)19-30-32-28(34)23-11-7-12-25(18-23)31-27(33)21-8-3-2-4-9-21/h2-19H,1H3,(H,31,33)(H,32,34). The quantitative estimate of drug-likeness (QED) is 0.165. The van der Waals surface area contributed by atoms with E-state index in [9.17, 15) is 14.4 Å². The second-order valence-corrected chi connectivity index (χ2v) is 7.89. The summed E-state index contributed by atoms with van der Waals surface area (Å²) < 4.78 is 5.52. The van der Waals surface area contributed by atoms with Crippen molar-refractivity contribution < 1.29 is 19.1 Å². The number of benzene rings is 4. The zero-order valence-electron chi connectivity index (χ0n) is 19.5. The molecule has 0 spiro atoms. The van der Waals surface area contributed by atoms with Gasteiger partial charge < -0.3 is 10.1 Å². The van der Waals surface area contributed by atoms with Crippen molar-refractivity contribution in [2.75, 3.05) is 5.32 Å².